The van der Waals surface area contributed by atoms with Gasteiger partial charge < -0.3 is 0 Å². The van der Waals surface area contributed by atoms with Gasteiger partial charge in [0, 0.05) is 6.20 Å². The molecule has 0 spiro atoms. The number of hydrogen-bond acceptors (Lipinski definition) is 3. The van der Waals surface area contributed by atoms with E-state index in [4.69, 9.17) is 5.84 Å². The summed E-state index contributed by atoms with van der Waals surface area (Å²) in [7, 11) is 0. The maximum Gasteiger partial charge on any atom is 0.417 e. The van der Waals surface area contributed by atoms with Gasteiger partial charge in [0.25, 0.3) is 0 Å². The third-order valence-electron chi connectivity index (χ3n) is 1.81. The van der Waals surface area contributed by atoms with E-state index in [1.807, 2.05) is 0 Å². The maximum absolute atomic E-state index is 12.1. The van der Waals surface area contributed by atoms with Crippen molar-refractivity contribution in [1.29, 1.82) is 0 Å². The Balaban J connectivity index is 2.89. The summed E-state index contributed by atoms with van der Waals surface area (Å²) in [5, 5.41) is 0. The van der Waals surface area contributed by atoms with Crippen molar-refractivity contribution in [3.05, 3.63) is 29.6 Å². The van der Waals surface area contributed by atoms with Crippen molar-refractivity contribution in [3.63, 3.8) is 0 Å². The first-order valence-electron chi connectivity index (χ1n) is 3.94. The number of alkyl halides is 3. The van der Waals surface area contributed by atoms with Crippen LogP contribution in [0.4, 0.5) is 13.2 Å². The Morgan fingerprint density at radius 1 is 1.43 bits per heavy atom. The summed E-state index contributed by atoms with van der Waals surface area (Å²) in [6.07, 6.45) is -3.55. The number of aromatic nitrogens is 1. The third-order valence-corrected chi connectivity index (χ3v) is 1.81. The molecule has 0 bridgehead atoms. The first-order chi connectivity index (χ1) is 6.45. The maximum atomic E-state index is 12.1. The monoisotopic (exact) mass is 205 g/mol. The van der Waals surface area contributed by atoms with E-state index in [1.54, 1.807) is 6.92 Å². The van der Waals surface area contributed by atoms with Crippen LogP contribution in [0.5, 0.6) is 0 Å². The molecule has 1 aromatic rings. The van der Waals surface area contributed by atoms with Crippen molar-refractivity contribution in [2.45, 2.75) is 19.1 Å². The first kappa shape index (κ1) is 10.9. The summed E-state index contributed by atoms with van der Waals surface area (Å²) in [5.41, 5.74) is 2.11. The molecule has 0 aliphatic rings. The summed E-state index contributed by atoms with van der Waals surface area (Å²) in [6, 6.07) is 2.01. The van der Waals surface area contributed by atoms with Crippen molar-refractivity contribution in [1.82, 2.24) is 10.4 Å². The summed E-state index contributed by atoms with van der Waals surface area (Å²) in [4.78, 5) is 3.65. The molecule has 0 aliphatic carbocycles. The van der Waals surface area contributed by atoms with Gasteiger partial charge in [-0.15, -0.1) is 0 Å². The van der Waals surface area contributed by atoms with Crippen LogP contribution in [0.25, 0.3) is 0 Å². The van der Waals surface area contributed by atoms with E-state index >= 15 is 0 Å². The number of pyridine rings is 1. The molecule has 0 saturated carbocycles. The van der Waals surface area contributed by atoms with Gasteiger partial charge in [-0.25, -0.2) is 0 Å². The number of nitrogens with one attached hydrogen (secondary N) is 1. The Labute approximate surface area is 79.1 Å². The van der Waals surface area contributed by atoms with Gasteiger partial charge in [-0.3, -0.25) is 16.3 Å². The topological polar surface area (TPSA) is 50.9 Å². The second-order valence-corrected chi connectivity index (χ2v) is 2.86. The molecular weight excluding hydrogens is 195 g/mol. The molecule has 14 heavy (non-hydrogen) atoms. The molecule has 78 valence electrons. The number of rotatable bonds is 2. The number of nitrogens with zero attached hydrogens (tertiary/aromatic N) is 1. The summed E-state index contributed by atoms with van der Waals surface area (Å²) in [6.45, 7) is 1.70. The van der Waals surface area contributed by atoms with E-state index < -0.39 is 11.7 Å². The van der Waals surface area contributed by atoms with Crippen LogP contribution in [0, 0.1) is 0 Å². The highest BCUT2D eigenvalue weighted by Crippen LogP contribution is 2.28. The minimum absolute atomic E-state index is 0.266. The van der Waals surface area contributed by atoms with Crippen molar-refractivity contribution >= 4 is 0 Å². The zero-order valence-electron chi connectivity index (χ0n) is 7.47. The number of hydrogen-bond donors (Lipinski definition) is 2. The Kier molecular flexibility index (Phi) is 3.07. The van der Waals surface area contributed by atoms with Crippen molar-refractivity contribution in [2.24, 2.45) is 5.84 Å². The van der Waals surface area contributed by atoms with Crippen LogP contribution in [0.1, 0.15) is 24.2 Å². The fraction of sp³-hybridized carbons (Fsp3) is 0.375. The van der Waals surface area contributed by atoms with Crippen LogP contribution in [0.3, 0.4) is 0 Å². The predicted molar refractivity (Wildman–Crippen MR) is 45.0 cm³/mol. The lowest BCUT2D eigenvalue weighted by molar-refractivity contribution is -0.137. The Hall–Kier alpha value is -1.14. The van der Waals surface area contributed by atoms with Crippen LogP contribution in [0.2, 0.25) is 0 Å². The highest BCUT2D eigenvalue weighted by Gasteiger charge is 2.30. The molecule has 1 aromatic heterocycles. The Morgan fingerprint density at radius 3 is 2.43 bits per heavy atom. The molecule has 1 rings (SSSR count). The van der Waals surface area contributed by atoms with Crippen LogP contribution >= 0.6 is 0 Å². The average molecular weight is 205 g/mol. The van der Waals surface area contributed by atoms with E-state index in [2.05, 4.69) is 10.4 Å². The zero-order chi connectivity index (χ0) is 10.8. The lowest BCUT2D eigenvalue weighted by atomic mass is 10.2. The largest absolute Gasteiger partial charge is 0.417 e. The van der Waals surface area contributed by atoms with Gasteiger partial charge in [-0.1, -0.05) is 0 Å². The standard InChI is InChI=1S/C8H10F3N3/c1-5(14-12)7-3-2-6(4-13-7)8(9,10)11/h2-5,14H,12H2,1H3. The molecule has 3 N–H and O–H groups in total. The SMILES string of the molecule is CC(NN)c1ccc(C(F)(F)F)cn1. The molecule has 0 aromatic carbocycles. The highest BCUT2D eigenvalue weighted by atomic mass is 19.4. The smallest absolute Gasteiger partial charge is 0.271 e. The van der Waals surface area contributed by atoms with Crippen LogP contribution in [-0.4, -0.2) is 4.98 Å². The third kappa shape index (κ3) is 2.43. The van der Waals surface area contributed by atoms with Gasteiger partial charge in [-0.05, 0) is 19.1 Å². The molecule has 6 heteroatoms. The Morgan fingerprint density at radius 2 is 2.07 bits per heavy atom. The van der Waals surface area contributed by atoms with Crippen molar-refractivity contribution in [3.8, 4) is 0 Å². The lowest BCUT2D eigenvalue weighted by Gasteiger charge is -2.10. The van der Waals surface area contributed by atoms with Gasteiger partial charge in [0.15, 0.2) is 0 Å². The number of nitrogens with two attached hydrogens (primary N) is 1. The molecular formula is C8H10F3N3. The molecule has 3 nitrogen and oxygen atoms in total. The second-order valence-electron chi connectivity index (χ2n) is 2.86. The molecule has 0 aliphatic heterocycles. The van der Waals surface area contributed by atoms with Crippen LogP contribution < -0.4 is 11.3 Å². The highest BCUT2D eigenvalue weighted by molar-refractivity contribution is 5.18. The summed E-state index contributed by atoms with van der Waals surface area (Å²) < 4.78 is 36.4. The van der Waals surface area contributed by atoms with E-state index in [0.29, 0.717) is 5.69 Å². The van der Waals surface area contributed by atoms with Gasteiger partial charge in [-0.2, -0.15) is 13.2 Å². The van der Waals surface area contributed by atoms with Crippen LogP contribution in [-0.2, 0) is 6.18 Å². The van der Waals surface area contributed by atoms with Crippen molar-refractivity contribution < 1.29 is 13.2 Å². The van der Waals surface area contributed by atoms with Gasteiger partial charge in [0.05, 0.1) is 17.3 Å². The lowest BCUT2D eigenvalue weighted by Crippen LogP contribution is -2.26. The molecule has 0 amide bonds. The summed E-state index contributed by atoms with van der Waals surface area (Å²) >= 11 is 0. The predicted octanol–water partition coefficient (Wildman–Crippen LogP) is 1.62. The molecule has 0 radical (unpaired) electrons. The van der Waals surface area contributed by atoms with E-state index in [9.17, 15) is 13.2 Å². The molecule has 1 unspecified atom stereocenters. The van der Waals surface area contributed by atoms with Gasteiger partial charge >= 0.3 is 6.18 Å². The number of halogens is 3. The zero-order valence-corrected chi connectivity index (χ0v) is 7.47. The summed E-state index contributed by atoms with van der Waals surface area (Å²) in [5.74, 6) is 5.12. The molecule has 1 heterocycles. The fourth-order valence-electron chi connectivity index (χ4n) is 0.915. The minimum Gasteiger partial charge on any atom is -0.271 e. The minimum atomic E-state index is -4.34. The normalized spacial score (nSPS) is 14.1. The first-order valence-corrected chi connectivity index (χ1v) is 3.94. The van der Waals surface area contributed by atoms with Crippen molar-refractivity contribution in [2.75, 3.05) is 0 Å². The molecule has 1 atom stereocenters. The van der Waals surface area contributed by atoms with E-state index in [-0.39, 0.29) is 6.04 Å². The average Bonchev–Trinajstić information content (AvgIpc) is 2.15. The fourth-order valence-corrected chi connectivity index (χ4v) is 0.915. The Bertz CT molecular complexity index is 294. The quantitative estimate of drug-likeness (QED) is 0.569. The van der Waals surface area contributed by atoms with Gasteiger partial charge in [0.1, 0.15) is 0 Å². The second kappa shape index (κ2) is 3.93. The van der Waals surface area contributed by atoms with E-state index in [0.717, 1.165) is 12.3 Å². The number of hydrazine groups is 1. The molecule has 0 fully saturated rings. The van der Waals surface area contributed by atoms with Gasteiger partial charge in [0.2, 0.25) is 0 Å². The van der Waals surface area contributed by atoms with E-state index in [1.165, 1.54) is 6.07 Å². The molecule has 0 saturated heterocycles. The van der Waals surface area contributed by atoms with Crippen LogP contribution in [0.15, 0.2) is 18.3 Å².